The van der Waals surface area contributed by atoms with Crippen molar-refractivity contribution in [1.82, 2.24) is 25.3 Å². The molecule has 146 valence electrons. The molecule has 0 bridgehead atoms. The predicted molar refractivity (Wildman–Crippen MR) is 101 cm³/mol. The van der Waals surface area contributed by atoms with Crippen LogP contribution >= 0.6 is 0 Å². The van der Waals surface area contributed by atoms with Gasteiger partial charge in [-0.1, -0.05) is 0 Å². The summed E-state index contributed by atoms with van der Waals surface area (Å²) in [5, 5.41) is 11.2. The summed E-state index contributed by atoms with van der Waals surface area (Å²) in [4.78, 5) is 26.2. The largest absolute Gasteiger partial charge is 0.349 e. The first-order chi connectivity index (χ1) is 12.8. The number of carbonyl (C=O) groups is 2. The minimum atomic E-state index is -0.398. The fourth-order valence-electron chi connectivity index (χ4n) is 3.41. The fourth-order valence-corrected chi connectivity index (χ4v) is 3.41. The van der Waals surface area contributed by atoms with E-state index in [0.717, 1.165) is 5.52 Å². The normalized spacial score (nSPS) is 19.6. The molecule has 1 aliphatic heterocycles. The van der Waals surface area contributed by atoms with E-state index in [1.165, 1.54) is 12.1 Å². The van der Waals surface area contributed by atoms with E-state index in [1.54, 1.807) is 29.7 Å². The number of nitrogens with zero attached hydrogens (tertiary/aromatic N) is 3. The minimum absolute atomic E-state index is 0.0348. The Bertz CT molecular complexity index is 861. The van der Waals surface area contributed by atoms with Gasteiger partial charge in [-0.2, -0.15) is 5.10 Å². The Balaban J connectivity index is 1.74. The highest BCUT2D eigenvalue weighted by Gasteiger charge is 2.29. The molecular formula is C19H26FN5O2. The molecule has 1 aromatic heterocycles. The maximum atomic E-state index is 13.7. The number of aromatic nitrogens is 2. The van der Waals surface area contributed by atoms with Crippen molar-refractivity contribution in [2.24, 2.45) is 0 Å². The molecule has 7 nitrogen and oxygen atoms in total. The second kappa shape index (κ2) is 7.64. The van der Waals surface area contributed by atoms with Gasteiger partial charge in [0.1, 0.15) is 5.82 Å². The Morgan fingerprint density at radius 3 is 2.81 bits per heavy atom. The smallest absolute Gasteiger partial charge is 0.272 e. The Kier molecular flexibility index (Phi) is 5.46. The van der Waals surface area contributed by atoms with Gasteiger partial charge in [0.2, 0.25) is 5.91 Å². The second-order valence-electron chi connectivity index (χ2n) is 7.55. The van der Waals surface area contributed by atoms with E-state index in [4.69, 9.17) is 0 Å². The molecule has 8 heteroatoms. The van der Waals surface area contributed by atoms with Crippen LogP contribution in [0.4, 0.5) is 4.39 Å². The molecule has 2 N–H and O–H groups in total. The zero-order valence-corrected chi connectivity index (χ0v) is 16.1. The van der Waals surface area contributed by atoms with Crippen molar-refractivity contribution in [3.63, 3.8) is 0 Å². The summed E-state index contributed by atoms with van der Waals surface area (Å²) in [6.45, 7) is 4.52. The Morgan fingerprint density at radius 1 is 1.41 bits per heavy atom. The number of hydrogen-bond acceptors (Lipinski definition) is 4. The van der Waals surface area contributed by atoms with Gasteiger partial charge in [-0.25, -0.2) is 4.39 Å². The number of fused-ring (bicyclic) bond motifs is 1. The summed E-state index contributed by atoms with van der Waals surface area (Å²) >= 11 is 0. The van der Waals surface area contributed by atoms with Gasteiger partial charge < -0.3 is 15.5 Å². The van der Waals surface area contributed by atoms with Crippen LogP contribution in [0, 0.1) is 5.82 Å². The highest BCUT2D eigenvalue weighted by atomic mass is 19.1. The van der Waals surface area contributed by atoms with Crippen molar-refractivity contribution in [3.8, 4) is 0 Å². The molecule has 2 heterocycles. The van der Waals surface area contributed by atoms with Crippen molar-refractivity contribution >= 4 is 22.7 Å². The van der Waals surface area contributed by atoms with E-state index in [1.807, 2.05) is 13.8 Å². The number of halogens is 1. The first-order valence-electron chi connectivity index (χ1n) is 9.18. The lowest BCUT2D eigenvalue weighted by atomic mass is 10.1. The maximum Gasteiger partial charge on any atom is 0.272 e. The van der Waals surface area contributed by atoms with E-state index in [2.05, 4.69) is 15.7 Å². The second-order valence-corrected chi connectivity index (χ2v) is 7.55. The van der Waals surface area contributed by atoms with Gasteiger partial charge in [0, 0.05) is 50.6 Å². The predicted octanol–water partition coefficient (Wildman–Crippen LogP) is 1.69. The zero-order chi connectivity index (χ0) is 19.7. The Hall–Kier alpha value is -2.48. The van der Waals surface area contributed by atoms with E-state index >= 15 is 0 Å². The van der Waals surface area contributed by atoms with Gasteiger partial charge >= 0.3 is 0 Å². The molecule has 0 saturated carbocycles. The quantitative estimate of drug-likeness (QED) is 0.834. The molecule has 0 aliphatic carbocycles. The SMILES string of the molecule is CC(C)n1nc(C(=O)N[C@@H]2CN[C@H](CC(=O)N(C)C)C2)c2cc(F)ccc21. The van der Waals surface area contributed by atoms with E-state index in [0.29, 0.717) is 24.8 Å². The van der Waals surface area contributed by atoms with Gasteiger partial charge in [0.05, 0.1) is 5.52 Å². The van der Waals surface area contributed by atoms with Crippen LogP contribution in [0.5, 0.6) is 0 Å². The van der Waals surface area contributed by atoms with Crippen molar-refractivity contribution in [2.45, 2.75) is 44.8 Å². The summed E-state index contributed by atoms with van der Waals surface area (Å²) in [6.07, 6.45) is 1.07. The van der Waals surface area contributed by atoms with Crippen molar-refractivity contribution < 1.29 is 14.0 Å². The number of hydrogen-bond donors (Lipinski definition) is 2. The van der Waals surface area contributed by atoms with Crippen molar-refractivity contribution in [1.29, 1.82) is 0 Å². The Morgan fingerprint density at radius 2 is 2.15 bits per heavy atom. The minimum Gasteiger partial charge on any atom is -0.349 e. The van der Waals surface area contributed by atoms with E-state index in [-0.39, 0.29) is 35.6 Å². The number of carbonyl (C=O) groups excluding carboxylic acids is 2. The third kappa shape index (κ3) is 4.10. The monoisotopic (exact) mass is 375 g/mol. The summed E-state index contributed by atoms with van der Waals surface area (Å²) in [6, 6.07) is 4.36. The number of nitrogens with one attached hydrogen (secondary N) is 2. The van der Waals surface area contributed by atoms with Crippen LogP contribution in [0.3, 0.4) is 0 Å². The molecule has 1 aromatic carbocycles. The highest BCUT2D eigenvalue weighted by molar-refractivity contribution is 6.05. The molecular weight excluding hydrogens is 349 g/mol. The molecule has 27 heavy (non-hydrogen) atoms. The van der Waals surface area contributed by atoms with Crippen LogP contribution in [0.1, 0.15) is 43.2 Å². The molecule has 0 unspecified atom stereocenters. The number of benzene rings is 1. The van der Waals surface area contributed by atoms with Gasteiger partial charge in [-0.3, -0.25) is 14.3 Å². The number of rotatable bonds is 5. The lowest BCUT2D eigenvalue weighted by Crippen LogP contribution is -2.36. The molecule has 1 aliphatic rings. The summed E-state index contributed by atoms with van der Waals surface area (Å²) < 4.78 is 15.4. The standard InChI is InChI=1S/C19H26FN5O2/c1-11(2)25-16-6-5-12(20)7-15(16)18(23-25)19(27)22-14-8-13(21-10-14)9-17(26)24(3)4/h5-7,11,13-14,21H,8-10H2,1-4H3,(H,22,27)/t13-,14-/m0/s1. The van der Waals surface area contributed by atoms with Gasteiger partial charge in [-0.15, -0.1) is 0 Å². The molecule has 1 saturated heterocycles. The maximum absolute atomic E-state index is 13.7. The first kappa shape index (κ1) is 19.3. The lowest BCUT2D eigenvalue weighted by Gasteiger charge is -2.14. The van der Waals surface area contributed by atoms with Crippen LogP contribution in [0.2, 0.25) is 0 Å². The summed E-state index contributed by atoms with van der Waals surface area (Å²) in [5.41, 5.74) is 0.960. The van der Waals surface area contributed by atoms with E-state index < -0.39 is 5.82 Å². The lowest BCUT2D eigenvalue weighted by molar-refractivity contribution is -0.129. The van der Waals surface area contributed by atoms with Crippen LogP contribution in [0.15, 0.2) is 18.2 Å². The molecule has 2 atom stereocenters. The fraction of sp³-hybridized carbons (Fsp3) is 0.526. The highest BCUT2D eigenvalue weighted by Crippen LogP contribution is 2.23. The molecule has 2 aromatic rings. The van der Waals surface area contributed by atoms with Crippen LogP contribution in [-0.2, 0) is 4.79 Å². The molecule has 2 amide bonds. The zero-order valence-electron chi connectivity index (χ0n) is 16.1. The van der Waals surface area contributed by atoms with Crippen LogP contribution in [-0.4, -0.2) is 59.2 Å². The van der Waals surface area contributed by atoms with Crippen LogP contribution in [0.25, 0.3) is 10.9 Å². The van der Waals surface area contributed by atoms with Crippen LogP contribution < -0.4 is 10.6 Å². The third-order valence-corrected chi connectivity index (χ3v) is 4.85. The molecule has 0 spiro atoms. The van der Waals surface area contributed by atoms with Gasteiger partial charge in [0.15, 0.2) is 5.69 Å². The summed E-state index contributed by atoms with van der Waals surface area (Å²) in [7, 11) is 3.46. The van der Waals surface area contributed by atoms with Crippen molar-refractivity contribution in [3.05, 3.63) is 29.7 Å². The third-order valence-electron chi connectivity index (χ3n) is 4.85. The summed E-state index contributed by atoms with van der Waals surface area (Å²) in [5.74, 6) is -0.669. The molecule has 1 fully saturated rings. The van der Waals surface area contributed by atoms with Gasteiger partial charge in [0.25, 0.3) is 5.91 Å². The average molecular weight is 375 g/mol. The Labute approximate surface area is 157 Å². The van der Waals surface area contributed by atoms with Crippen molar-refractivity contribution in [2.75, 3.05) is 20.6 Å². The number of amides is 2. The topological polar surface area (TPSA) is 79.3 Å². The first-order valence-corrected chi connectivity index (χ1v) is 9.18. The van der Waals surface area contributed by atoms with Gasteiger partial charge in [-0.05, 0) is 38.5 Å². The average Bonchev–Trinajstić information content (AvgIpc) is 3.18. The molecule has 3 rings (SSSR count). The van der Waals surface area contributed by atoms with E-state index in [9.17, 15) is 14.0 Å². The molecule has 0 radical (unpaired) electrons.